The molecule has 0 fully saturated rings. The topological polar surface area (TPSA) is 105 Å². The lowest BCUT2D eigenvalue weighted by Gasteiger charge is -2.13. The van der Waals surface area contributed by atoms with E-state index in [1.165, 1.54) is 26.5 Å². The van der Waals surface area contributed by atoms with E-state index in [4.69, 9.17) is 0 Å². The first kappa shape index (κ1) is 18.8. The van der Waals surface area contributed by atoms with Crippen molar-refractivity contribution < 1.29 is 17.6 Å². The fourth-order valence-corrected chi connectivity index (χ4v) is 3.87. The lowest BCUT2D eigenvalue weighted by Crippen LogP contribution is -2.32. The van der Waals surface area contributed by atoms with Crippen molar-refractivity contribution >= 4 is 33.2 Å². The Kier molecular flexibility index (Phi) is 4.42. The number of nitrogens with one attached hydrogen (secondary N) is 1. The summed E-state index contributed by atoms with van der Waals surface area (Å²) < 4.78 is 41.7. The van der Waals surface area contributed by atoms with E-state index in [9.17, 15) is 22.4 Å². The largest absolute Gasteiger partial charge is 0.326 e. The molecule has 0 saturated heterocycles. The van der Waals surface area contributed by atoms with Crippen molar-refractivity contribution in [2.75, 3.05) is 28.0 Å². The van der Waals surface area contributed by atoms with Crippen molar-refractivity contribution in [3.63, 3.8) is 0 Å². The van der Waals surface area contributed by atoms with E-state index in [0.717, 1.165) is 19.2 Å². The van der Waals surface area contributed by atoms with E-state index < -0.39 is 21.9 Å². The number of aromatic nitrogens is 2. The molecule has 2 aromatic rings. The summed E-state index contributed by atoms with van der Waals surface area (Å²) >= 11 is 0. The molecular formula is C16H18FN5O4S. The molecule has 1 amide bonds. The number of amides is 1. The molecule has 11 heteroatoms. The average Bonchev–Trinajstić information content (AvgIpc) is 2.77. The van der Waals surface area contributed by atoms with Gasteiger partial charge in [-0.3, -0.25) is 22.8 Å². The van der Waals surface area contributed by atoms with Gasteiger partial charge in [0, 0.05) is 31.4 Å². The zero-order valence-electron chi connectivity index (χ0n) is 15.1. The van der Waals surface area contributed by atoms with E-state index in [1.54, 1.807) is 13.8 Å². The maximum Gasteiger partial charge on any atom is 0.326 e. The van der Waals surface area contributed by atoms with E-state index >= 15 is 0 Å². The number of nitrogens with zero attached hydrogens (tertiary/aromatic N) is 4. The second-order valence-electron chi connectivity index (χ2n) is 6.20. The Balaban J connectivity index is 1.88. The number of anilines is 3. The Morgan fingerprint density at radius 3 is 2.41 bits per heavy atom. The minimum absolute atomic E-state index is 0.169. The molecule has 0 saturated carbocycles. The van der Waals surface area contributed by atoms with Crippen LogP contribution in [0.25, 0.3) is 0 Å². The molecule has 0 bridgehead atoms. The third-order valence-corrected chi connectivity index (χ3v) is 6.32. The smallest absolute Gasteiger partial charge is 0.322 e. The summed E-state index contributed by atoms with van der Waals surface area (Å²) in [4.78, 5) is 28.4. The first-order chi connectivity index (χ1) is 12.5. The van der Waals surface area contributed by atoms with Crippen LogP contribution in [0, 0.1) is 19.7 Å². The Hall–Kier alpha value is -2.95. The van der Waals surface area contributed by atoms with Crippen molar-refractivity contribution in [3.05, 3.63) is 45.9 Å². The maximum atomic E-state index is 14.4. The summed E-state index contributed by atoms with van der Waals surface area (Å²) in [5.74, 6) is -1.43. The number of halogens is 1. The molecule has 1 N–H and O–H groups in total. The molecule has 0 atom stereocenters. The average molecular weight is 395 g/mol. The molecule has 1 aliphatic rings. The Morgan fingerprint density at radius 2 is 1.78 bits per heavy atom. The summed E-state index contributed by atoms with van der Waals surface area (Å²) in [5, 5.41) is 2.37. The molecule has 144 valence electrons. The fourth-order valence-electron chi connectivity index (χ4n) is 2.72. The lowest BCUT2D eigenvalue weighted by atomic mass is 10.2. The third kappa shape index (κ3) is 3.03. The van der Waals surface area contributed by atoms with Crippen molar-refractivity contribution in [2.24, 2.45) is 0 Å². The number of carbonyl (C=O) groups excluding carboxylic acids is 1. The standard InChI is InChI=1S/C16H18FN5O4S/c1-9-10(2)18-8-22(16(9)24)7-15(23)19-12-6-14-13(5-11(12)17)20(3)27(25,26)21(14)4/h5-6,8H,7H2,1-4H3,(H,19,23). The van der Waals surface area contributed by atoms with Gasteiger partial charge in [0.25, 0.3) is 5.56 Å². The molecule has 0 aliphatic carbocycles. The van der Waals surface area contributed by atoms with Crippen LogP contribution in [0.15, 0.2) is 23.3 Å². The Bertz CT molecular complexity index is 1110. The van der Waals surface area contributed by atoms with Crippen LogP contribution in [0.4, 0.5) is 21.5 Å². The van der Waals surface area contributed by atoms with Gasteiger partial charge in [-0.2, -0.15) is 8.42 Å². The number of hydrogen-bond acceptors (Lipinski definition) is 5. The molecule has 1 aromatic heterocycles. The first-order valence-electron chi connectivity index (χ1n) is 7.93. The first-order valence-corrected chi connectivity index (χ1v) is 9.32. The highest BCUT2D eigenvalue weighted by Crippen LogP contribution is 2.41. The third-order valence-electron chi connectivity index (χ3n) is 4.54. The molecule has 2 heterocycles. The van der Waals surface area contributed by atoms with Gasteiger partial charge in [0.2, 0.25) is 5.91 Å². The van der Waals surface area contributed by atoms with Gasteiger partial charge in [-0.05, 0) is 19.9 Å². The van der Waals surface area contributed by atoms with Crippen LogP contribution in [-0.2, 0) is 21.5 Å². The van der Waals surface area contributed by atoms with Gasteiger partial charge in [-0.25, -0.2) is 9.37 Å². The SMILES string of the molecule is Cc1ncn(CC(=O)Nc2cc3c(cc2F)N(C)S(=O)(=O)N3C)c(=O)c1C. The summed E-state index contributed by atoms with van der Waals surface area (Å²) in [6.45, 7) is 2.94. The van der Waals surface area contributed by atoms with Crippen LogP contribution < -0.4 is 19.5 Å². The second-order valence-corrected chi connectivity index (χ2v) is 8.19. The van der Waals surface area contributed by atoms with Crippen molar-refractivity contribution in [3.8, 4) is 0 Å². The van der Waals surface area contributed by atoms with Crippen LogP contribution in [0.5, 0.6) is 0 Å². The lowest BCUT2D eigenvalue weighted by molar-refractivity contribution is -0.116. The van der Waals surface area contributed by atoms with Crippen molar-refractivity contribution in [1.82, 2.24) is 9.55 Å². The number of aryl methyl sites for hydroxylation is 1. The van der Waals surface area contributed by atoms with Gasteiger partial charge < -0.3 is 5.32 Å². The van der Waals surface area contributed by atoms with Crippen molar-refractivity contribution in [2.45, 2.75) is 20.4 Å². The van der Waals surface area contributed by atoms with Gasteiger partial charge in [0.15, 0.2) is 0 Å². The van der Waals surface area contributed by atoms with E-state index in [2.05, 4.69) is 10.3 Å². The number of hydrogen-bond donors (Lipinski definition) is 1. The van der Waals surface area contributed by atoms with Gasteiger partial charge in [0.1, 0.15) is 12.4 Å². The van der Waals surface area contributed by atoms with Gasteiger partial charge >= 0.3 is 10.2 Å². The molecule has 0 unspecified atom stereocenters. The fraction of sp³-hybridized carbons (Fsp3) is 0.312. The predicted molar refractivity (Wildman–Crippen MR) is 98.7 cm³/mol. The van der Waals surface area contributed by atoms with Crippen LogP contribution in [0.3, 0.4) is 0 Å². The molecule has 27 heavy (non-hydrogen) atoms. The number of rotatable bonds is 3. The Morgan fingerprint density at radius 1 is 1.19 bits per heavy atom. The molecule has 0 spiro atoms. The normalized spacial score (nSPS) is 15.0. The number of carbonyl (C=O) groups is 1. The van der Waals surface area contributed by atoms with E-state index in [0.29, 0.717) is 11.3 Å². The minimum atomic E-state index is -3.75. The van der Waals surface area contributed by atoms with E-state index in [-0.39, 0.29) is 29.2 Å². The summed E-state index contributed by atoms with van der Waals surface area (Å²) in [6.07, 6.45) is 1.25. The summed E-state index contributed by atoms with van der Waals surface area (Å²) in [5.41, 5.74) is 0.848. The highest BCUT2D eigenvalue weighted by atomic mass is 32.2. The maximum absolute atomic E-state index is 14.4. The molecule has 1 aliphatic heterocycles. The minimum Gasteiger partial charge on any atom is -0.322 e. The zero-order chi connectivity index (χ0) is 20.1. The van der Waals surface area contributed by atoms with Crippen LogP contribution in [-0.4, -0.2) is 38.0 Å². The van der Waals surface area contributed by atoms with Crippen molar-refractivity contribution in [1.29, 1.82) is 0 Å². The molecular weight excluding hydrogens is 377 g/mol. The number of fused-ring (bicyclic) bond motifs is 1. The van der Waals surface area contributed by atoms with Gasteiger partial charge in [-0.15, -0.1) is 0 Å². The molecule has 9 nitrogen and oxygen atoms in total. The monoisotopic (exact) mass is 395 g/mol. The Labute approximate surface area is 155 Å². The second kappa shape index (κ2) is 6.34. The van der Waals surface area contributed by atoms with Crippen LogP contribution >= 0.6 is 0 Å². The highest BCUT2D eigenvalue weighted by Gasteiger charge is 2.36. The van der Waals surface area contributed by atoms with Crippen LogP contribution in [0.1, 0.15) is 11.3 Å². The molecule has 1 aromatic carbocycles. The van der Waals surface area contributed by atoms with Gasteiger partial charge in [-0.1, -0.05) is 0 Å². The predicted octanol–water partition coefficient (Wildman–Crippen LogP) is 0.769. The molecule has 3 rings (SSSR count). The van der Waals surface area contributed by atoms with Crippen LogP contribution in [0.2, 0.25) is 0 Å². The van der Waals surface area contributed by atoms with Gasteiger partial charge in [0.05, 0.1) is 23.4 Å². The summed E-state index contributed by atoms with van der Waals surface area (Å²) in [7, 11) is -1.11. The summed E-state index contributed by atoms with van der Waals surface area (Å²) in [6, 6.07) is 2.28. The quantitative estimate of drug-likeness (QED) is 0.827. The van der Waals surface area contributed by atoms with E-state index in [1.807, 2.05) is 0 Å². The zero-order valence-corrected chi connectivity index (χ0v) is 16.0. The highest BCUT2D eigenvalue weighted by molar-refractivity contribution is 7.94. The number of benzene rings is 1. The molecule has 0 radical (unpaired) electrons.